The molecule has 0 bridgehead atoms. The Morgan fingerprint density at radius 1 is 1.24 bits per heavy atom. The summed E-state index contributed by atoms with van der Waals surface area (Å²) in [7, 11) is 0. The van der Waals surface area contributed by atoms with Crippen LogP contribution in [0.15, 0.2) is 46.1 Å². The number of H-pyrrole nitrogens is 1. The van der Waals surface area contributed by atoms with E-state index in [1.165, 1.54) is 0 Å². The lowest BCUT2D eigenvalue weighted by Gasteiger charge is -2.43. The highest BCUT2D eigenvalue weighted by atomic mass is 19.1. The highest BCUT2D eigenvalue weighted by molar-refractivity contribution is 5.61. The number of rotatable bonds is 9. The predicted molar refractivity (Wildman–Crippen MR) is 113 cm³/mol. The van der Waals surface area contributed by atoms with Crippen LogP contribution in [0.5, 0.6) is 0 Å². The zero-order valence-corrected chi connectivity index (χ0v) is 18.0. The summed E-state index contributed by atoms with van der Waals surface area (Å²) in [5, 5.41) is 52.9. The number of hydroxylamine groups is 2. The molecule has 5 atom stereocenters. The minimum Gasteiger partial charge on any atom is -0.394 e. The lowest BCUT2D eigenvalue weighted by Crippen LogP contribution is -2.69. The van der Waals surface area contributed by atoms with Gasteiger partial charge in [-0.25, -0.2) is 13.8 Å². The zero-order chi connectivity index (χ0) is 24.4. The second-order valence-corrected chi connectivity index (χ2v) is 7.93. The topological polar surface area (TPSA) is 168 Å². The van der Waals surface area contributed by atoms with Gasteiger partial charge in [0, 0.05) is 6.20 Å². The molecule has 1 unspecified atom stereocenters. The molecule has 1 saturated heterocycles. The molecule has 2 heterocycles. The number of hydrogen-bond donors (Lipinski definition) is 6. The highest BCUT2D eigenvalue weighted by Gasteiger charge is 2.71. The number of nitrogens with zero attached hydrogens (tertiary/aromatic N) is 2. The SMILES string of the molecule is CCCCCC(F)N(O)[C@@]1(O)[C@H](O)[C@@H](CO)O[C@]1(O)n1cc(-c2ccccc2)c(=O)[nH]c1=O. The fourth-order valence-electron chi connectivity index (χ4n) is 3.89. The maximum atomic E-state index is 14.8. The molecule has 33 heavy (non-hydrogen) atoms. The van der Waals surface area contributed by atoms with E-state index < -0.39 is 48.0 Å². The largest absolute Gasteiger partial charge is 0.394 e. The van der Waals surface area contributed by atoms with E-state index in [0.717, 1.165) is 12.6 Å². The van der Waals surface area contributed by atoms with Gasteiger partial charge < -0.3 is 30.4 Å². The second-order valence-electron chi connectivity index (χ2n) is 7.93. The molecule has 0 saturated carbocycles. The summed E-state index contributed by atoms with van der Waals surface area (Å²) in [6, 6.07) is 8.00. The van der Waals surface area contributed by atoms with Crippen LogP contribution in [0.1, 0.15) is 32.6 Å². The predicted octanol–water partition coefficient (Wildman–Crippen LogP) is -0.186. The van der Waals surface area contributed by atoms with Gasteiger partial charge in [-0.2, -0.15) is 0 Å². The van der Waals surface area contributed by atoms with Crippen LogP contribution in [-0.4, -0.2) is 71.1 Å². The van der Waals surface area contributed by atoms with Gasteiger partial charge in [0.15, 0.2) is 6.30 Å². The van der Waals surface area contributed by atoms with Gasteiger partial charge in [0.25, 0.3) is 5.56 Å². The third kappa shape index (κ3) is 4.26. The van der Waals surface area contributed by atoms with Crippen molar-refractivity contribution in [1.29, 1.82) is 0 Å². The molecule has 0 amide bonds. The van der Waals surface area contributed by atoms with Gasteiger partial charge in [-0.05, 0) is 18.4 Å². The Hall–Kier alpha value is -2.45. The summed E-state index contributed by atoms with van der Waals surface area (Å²) in [6.45, 7) is 0.930. The van der Waals surface area contributed by atoms with E-state index in [1.807, 2.05) is 11.9 Å². The van der Waals surface area contributed by atoms with Gasteiger partial charge in [0.1, 0.15) is 12.2 Å². The maximum Gasteiger partial charge on any atom is 0.332 e. The molecule has 0 aliphatic carbocycles. The first-order chi connectivity index (χ1) is 15.6. The smallest absolute Gasteiger partial charge is 0.332 e. The Bertz CT molecular complexity index is 1060. The molecular formula is C21H28FN3O8. The molecule has 1 aliphatic rings. The molecule has 1 aromatic heterocycles. The average molecular weight is 469 g/mol. The molecule has 12 heteroatoms. The van der Waals surface area contributed by atoms with Gasteiger partial charge in [-0.3, -0.25) is 9.78 Å². The quantitative estimate of drug-likeness (QED) is 0.126. The molecule has 1 fully saturated rings. The van der Waals surface area contributed by atoms with Gasteiger partial charge >= 0.3 is 11.6 Å². The number of alkyl halides is 1. The first-order valence-corrected chi connectivity index (χ1v) is 10.6. The van der Waals surface area contributed by atoms with Crippen molar-refractivity contribution in [2.45, 2.75) is 62.7 Å². The Morgan fingerprint density at radius 2 is 1.91 bits per heavy atom. The fourth-order valence-corrected chi connectivity index (χ4v) is 3.89. The van der Waals surface area contributed by atoms with Crippen LogP contribution in [0.25, 0.3) is 11.1 Å². The highest BCUT2D eigenvalue weighted by Crippen LogP contribution is 2.44. The molecule has 1 aromatic carbocycles. The van der Waals surface area contributed by atoms with Gasteiger partial charge in [0.05, 0.1) is 12.2 Å². The molecule has 2 aromatic rings. The van der Waals surface area contributed by atoms with Gasteiger partial charge in [-0.15, -0.1) is 5.06 Å². The number of aromatic nitrogens is 2. The fraction of sp³-hybridized carbons (Fsp3) is 0.524. The molecule has 182 valence electrons. The minimum absolute atomic E-state index is 0.124. The van der Waals surface area contributed by atoms with Gasteiger partial charge in [-0.1, -0.05) is 50.1 Å². The van der Waals surface area contributed by atoms with Crippen molar-refractivity contribution < 1.29 is 34.8 Å². The number of ether oxygens (including phenoxy) is 1. The zero-order valence-electron chi connectivity index (χ0n) is 18.0. The number of hydrogen-bond acceptors (Lipinski definition) is 9. The van der Waals surface area contributed by atoms with Crippen molar-refractivity contribution in [3.63, 3.8) is 0 Å². The Kier molecular flexibility index (Phi) is 7.49. The van der Waals surface area contributed by atoms with E-state index in [4.69, 9.17) is 4.74 Å². The monoisotopic (exact) mass is 469 g/mol. The maximum absolute atomic E-state index is 14.8. The minimum atomic E-state index is -3.33. The third-order valence-electron chi connectivity index (χ3n) is 5.75. The molecule has 3 rings (SSSR count). The van der Waals surface area contributed by atoms with Crippen molar-refractivity contribution in [2.24, 2.45) is 0 Å². The molecular weight excluding hydrogens is 441 g/mol. The summed E-state index contributed by atoms with van der Waals surface area (Å²) in [5.74, 6) is -3.30. The number of benzene rings is 1. The lowest BCUT2D eigenvalue weighted by atomic mass is 9.99. The Morgan fingerprint density at radius 3 is 2.52 bits per heavy atom. The van der Waals surface area contributed by atoms with Crippen molar-refractivity contribution in [2.75, 3.05) is 6.61 Å². The van der Waals surface area contributed by atoms with Crippen LogP contribution in [0.4, 0.5) is 4.39 Å². The first kappa shape index (κ1) is 25.2. The van der Waals surface area contributed by atoms with Gasteiger partial charge in [0.2, 0.25) is 5.72 Å². The van der Waals surface area contributed by atoms with Crippen molar-refractivity contribution in [3.8, 4) is 11.1 Å². The molecule has 1 aliphatic heterocycles. The standard InChI is InChI=1S/C21H28FN3O8/c1-2-3-5-10-16(22)25(32)20(30)17(27)15(12-26)33-21(20,31)24-11-14(18(28)23-19(24)29)13-8-6-4-7-9-13/h4,6-9,11,15-17,26-27,30-32H,2-3,5,10,12H2,1H3,(H,23,28,29)/t15-,16?,17-,20-,21+/m1/s1. The van der Waals surface area contributed by atoms with E-state index in [0.29, 0.717) is 23.0 Å². The number of aliphatic hydroxyl groups excluding tert-OH is 2. The first-order valence-electron chi connectivity index (χ1n) is 10.6. The molecule has 0 spiro atoms. The number of unbranched alkanes of at least 4 members (excludes halogenated alkanes) is 2. The second kappa shape index (κ2) is 9.81. The lowest BCUT2D eigenvalue weighted by molar-refractivity contribution is -0.428. The Balaban J connectivity index is 2.14. The normalized spacial score (nSPS) is 28.4. The van der Waals surface area contributed by atoms with E-state index in [1.54, 1.807) is 30.3 Å². The summed E-state index contributed by atoms with van der Waals surface area (Å²) >= 11 is 0. The van der Waals surface area contributed by atoms with Crippen molar-refractivity contribution >= 4 is 0 Å². The Labute approximate surface area is 187 Å². The van der Waals surface area contributed by atoms with Crippen molar-refractivity contribution in [3.05, 3.63) is 57.4 Å². The third-order valence-corrected chi connectivity index (χ3v) is 5.75. The average Bonchev–Trinajstić information content (AvgIpc) is 3.01. The molecule has 0 radical (unpaired) electrons. The van der Waals surface area contributed by atoms with Crippen molar-refractivity contribution in [1.82, 2.24) is 14.6 Å². The van der Waals surface area contributed by atoms with Crippen LogP contribution in [0, 0.1) is 0 Å². The summed E-state index contributed by atoms with van der Waals surface area (Å²) in [6.07, 6.45) is -3.95. The van der Waals surface area contributed by atoms with E-state index in [9.17, 15) is 39.6 Å². The molecule has 6 N–H and O–H groups in total. The van der Waals surface area contributed by atoms with E-state index in [-0.39, 0.29) is 17.0 Å². The van der Waals surface area contributed by atoms with Crippen LogP contribution in [0.3, 0.4) is 0 Å². The number of halogens is 1. The number of aliphatic hydroxyl groups is 4. The summed E-state index contributed by atoms with van der Waals surface area (Å²) < 4.78 is 20.3. The summed E-state index contributed by atoms with van der Waals surface area (Å²) in [4.78, 5) is 27.0. The van der Waals surface area contributed by atoms with Crippen LogP contribution >= 0.6 is 0 Å². The van der Waals surface area contributed by atoms with E-state index in [2.05, 4.69) is 0 Å². The van der Waals surface area contributed by atoms with Crippen LogP contribution in [0.2, 0.25) is 0 Å². The molecule has 11 nitrogen and oxygen atoms in total. The van der Waals surface area contributed by atoms with Crippen LogP contribution in [-0.2, 0) is 10.6 Å². The number of nitrogens with one attached hydrogen (secondary N) is 1. The van der Waals surface area contributed by atoms with Crippen LogP contribution < -0.4 is 11.2 Å². The van der Waals surface area contributed by atoms with E-state index >= 15 is 0 Å². The summed E-state index contributed by atoms with van der Waals surface area (Å²) in [5.41, 5.74) is -5.22. The number of aromatic amines is 1.